The number of anilines is 1. The topological polar surface area (TPSA) is 119 Å². The van der Waals surface area contributed by atoms with Gasteiger partial charge in [0.1, 0.15) is 40.8 Å². The molecule has 14 heteroatoms. The normalized spacial score (nSPS) is 14.2. The van der Waals surface area contributed by atoms with Gasteiger partial charge in [0.05, 0.1) is 19.3 Å². The first-order chi connectivity index (χ1) is 20.6. The first kappa shape index (κ1) is 32.3. The molecule has 236 valence electrons. The average molecular weight is 624 g/mol. The molecule has 1 aromatic heterocycles. The van der Waals surface area contributed by atoms with Crippen LogP contribution in [-0.4, -0.2) is 53.5 Å². The van der Waals surface area contributed by atoms with Crippen molar-refractivity contribution in [3.05, 3.63) is 74.7 Å². The number of carboxylic acids is 1. The van der Waals surface area contributed by atoms with Gasteiger partial charge in [-0.2, -0.15) is 13.2 Å². The number of hydrogen-bond donors (Lipinski definition) is 3. The van der Waals surface area contributed by atoms with Crippen molar-refractivity contribution >= 4 is 17.6 Å². The molecule has 0 saturated heterocycles. The van der Waals surface area contributed by atoms with Crippen molar-refractivity contribution in [2.75, 3.05) is 19.0 Å². The second kappa shape index (κ2) is 12.5. The van der Waals surface area contributed by atoms with Crippen molar-refractivity contribution in [1.82, 2.24) is 9.88 Å². The molecule has 0 unspecified atom stereocenters. The van der Waals surface area contributed by atoms with Crippen LogP contribution in [0.3, 0.4) is 0 Å². The van der Waals surface area contributed by atoms with Crippen LogP contribution in [0.4, 0.5) is 27.6 Å². The van der Waals surface area contributed by atoms with Gasteiger partial charge >= 0.3 is 12.1 Å². The fourth-order valence-electron chi connectivity index (χ4n) is 4.98. The van der Waals surface area contributed by atoms with Crippen LogP contribution in [-0.2, 0) is 24.7 Å². The predicted octanol–water partition coefficient (Wildman–Crippen LogP) is 4.76. The maximum absolute atomic E-state index is 14.7. The molecule has 0 bridgehead atoms. The third-order valence-corrected chi connectivity index (χ3v) is 7.47. The summed E-state index contributed by atoms with van der Waals surface area (Å²) in [6, 6.07) is 2.14. The third-order valence-electron chi connectivity index (χ3n) is 7.47. The van der Waals surface area contributed by atoms with Crippen molar-refractivity contribution in [1.29, 1.82) is 0 Å². The molecule has 0 radical (unpaired) electrons. The third kappa shape index (κ3) is 6.48. The van der Waals surface area contributed by atoms with E-state index in [1.807, 2.05) is 5.32 Å². The Morgan fingerprint density at radius 1 is 1.16 bits per heavy atom. The number of carboxylic acid groups (broad SMARTS) is 1. The molecule has 1 aliphatic rings. The number of methoxy groups -OCH3 is 1. The van der Waals surface area contributed by atoms with Crippen LogP contribution < -0.4 is 25.7 Å². The van der Waals surface area contributed by atoms with E-state index in [4.69, 9.17) is 9.47 Å². The van der Waals surface area contributed by atoms with Crippen LogP contribution in [0.2, 0.25) is 0 Å². The molecule has 0 aliphatic carbocycles. The highest BCUT2D eigenvalue weighted by Gasteiger charge is 2.36. The number of alkyl halides is 3. The summed E-state index contributed by atoms with van der Waals surface area (Å²) >= 11 is 0. The molecule has 0 fully saturated rings. The maximum atomic E-state index is 14.7. The quantitative estimate of drug-likeness (QED) is 0.294. The van der Waals surface area contributed by atoms with Gasteiger partial charge in [-0.15, -0.1) is 0 Å². The van der Waals surface area contributed by atoms with Crippen LogP contribution in [0.25, 0.3) is 11.1 Å². The molecule has 2 aromatic carbocycles. The standard InChI is InChI=1S/C30H30F5N3O6/c1-14-10-23(43-4)24(28(40)38(14)3)19-8-7-16(18-6-5-9-44-26(18)19)11-22(29(41)42)37-27(39)25-20(31)12-17(13-21(25)32)36-15(2)30(33,34)35/h7-8,10,12-13,15,22,36H,5-6,9,11H2,1-4H3,(H,37,39)(H,41,42)/t15-,22+/m1/s1. The Hall–Kier alpha value is -4.62. The van der Waals surface area contributed by atoms with Gasteiger partial charge in [0, 0.05) is 36.5 Å². The van der Waals surface area contributed by atoms with Crippen LogP contribution in [0.15, 0.2) is 35.1 Å². The lowest BCUT2D eigenvalue weighted by Crippen LogP contribution is -2.43. The average Bonchev–Trinajstić information content (AvgIpc) is 2.95. The van der Waals surface area contributed by atoms with Gasteiger partial charge in [-0.1, -0.05) is 12.1 Å². The summed E-state index contributed by atoms with van der Waals surface area (Å²) in [5.41, 5.74) is 0.381. The summed E-state index contributed by atoms with van der Waals surface area (Å²) in [6.45, 7) is 2.84. The number of rotatable bonds is 9. The number of benzene rings is 2. The van der Waals surface area contributed by atoms with E-state index in [2.05, 4.69) is 5.32 Å². The highest BCUT2D eigenvalue weighted by Crippen LogP contribution is 2.41. The Kier molecular flexibility index (Phi) is 9.21. The highest BCUT2D eigenvalue weighted by atomic mass is 19.4. The zero-order valence-electron chi connectivity index (χ0n) is 24.2. The second-order valence-corrected chi connectivity index (χ2v) is 10.4. The van der Waals surface area contributed by atoms with Crippen LogP contribution in [0, 0.1) is 18.6 Å². The van der Waals surface area contributed by atoms with Crippen LogP contribution >= 0.6 is 0 Å². The van der Waals surface area contributed by atoms with Gasteiger partial charge in [-0.05, 0) is 49.9 Å². The predicted molar refractivity (Wildman–Crippen MR) is 150 cm³/mol. The van der Waals surface area contributed by atoms with Gasteiger partial charge in [0.2, 0.25) is 0 Å². The highest BCUT2D eigenvalue weighted by molar-refractivity contribution is 5.97. The lowest BCUT2D eigenvalue weighted by molar-refractivity contribution is -0.139. The van der Waals surface area contributed by atoms with Crippen LogP contribution in [0.5, 0.6) is 11.5 Å². The lowest BCUT2D eigenvalue weighted by Gasteiger charge is -2.25. The Morgan fingerprint density at radius 3 is 2.41 bits per heavy atom. The largest absolute Gasteiger partial charge is 0.496 e. The number of aromatic nitrogens is 1. The van der Waals surface area contributed by atoms with Gasteiger partial charge in [-0.25, -0.2) is 13.6 Å². The number of pyridine rings is 1. The smallest absolute Gasteiger partial charge is 0.408 e. The summed E-state index contributed by atoms with van der Waals surface area (Å²) in [4.78, 5) is 38.2. The Morgan fingerprint density at radius 2 is 1.82 bits per heavy atom. The number of fused-ring (bicyclic) bond motifs is 1. The fraction of sp³-hybridized carbons (Fsp3) is 0.367. The van der Waals surface area contributed by atoms with Crippen molar-refractivity contribution in [2.24, 2.45) is 7.05 Å². The number of halogens is 5. The molecule has 44 heavy (non-hydrogen) atoms. The molecule has 1 amide bonds. The lowest BCUT2D eigenvalue weighted by atomic mass is 9.90. The van der Waals surface area contributed by atoms with E-state index in [0.717, 1.165) is 6.92 Å². The molecule has 9 nitrogen and oxygen atoms in total. The number of carbonyl (C=O) groups excluding carboxylic acids is 1. The zero-order valence-corrected chi connectivity index (χ0v) is 24.2. The summed E-state index contributed by atoms with van der Waals surface area (Å²) in [6.07, 6.45) is -3.95. The molecule has 3 aromatic rings. The molecule has 2 atom stereocenters. The molecular formula is C30H30F5N3O6. The van der Waals surface area contributed by atoms with Crippen molar-refractivity contribution < 1.29 is 46.1 Å². The first-order valence-electron chi connectivity index (χ1n) is 13.5. The number of aliphatic carboxylic acids is 1. The SMILES string of the molecule is COc1cc(C)n(C)c(=O)c1-c1ccc(C[C@H](NC(=O)c2c(F)cc(N[C@H](C)C(F)(F)F)cc2F)C(=O)O)c2c1OCCC2. The molecule has 2 heterocycles. The van der Waals surface area contributed by atoms with Gasteiger partial charge in [-0.3, -0.25) is 9.59 Å². The van der Waals surface area contributed by atoms with E-state index < -0.39 is 53.0 Å². The van der Waals surface area contributed by atoms with E-state index in [0.29, 0.717) is 65.5 Å². The number of hydrogen-bond acceptors (Lipinski definition) is 6. The Labute approximate surface area is 248 Å². The summed E-state index contributed by atoms with van der Waals surface area (Å²) < 4.78 is 80.9. The van der Waals surface area contributed by atoms with E-state index in [1.54, 1.807) is 32.2 Å². The molecule has 4 rings (SSSR count). The molecule has 0 spiro atoms. The number of ether oxygens (including phenoxy) is 2. The van der Waals surface area contributed by atoms with Crippen molar-refractivity contribution in [3.63, 3.8) is 0 Å². The summed E-state index contributed by atoms with van der Waals surface area (Å²) in [5.74, 6) is -5.18. The second-order valence-electron chi connectivity index (χ2n) is 10.4. The molecule has 0 saturated carbocycles. The molecule has 1 aliphatic heterocycles. The minimum atomic E-state index is -4.69. The number of carbonyl (C=O) groups is 2. The molecular weight excluding hydrogens is 593 g/mol. The zero-order chi connectivity index (χ0) is 32.5. The van der Waals surface area contributed by atoms with E-state index >= 15 is 0 Å². The Balaban J connectivity index is 1.65. The molecule has 3 N–H and O–H groups in total. The number of aryl methyl sites for hydroxylation is 1. The van der Waals surface area contributed by atoms with Crippen molar-refractivity contribution in [3.8, 4) is 22.6 Å². The van der Waals surface area contributed by atoms with E-state index in [1.165, 1.54) is 11.7 Å². The number of nitrogens with one attached hydrogen (secondary N) is 2. The van der Waals surface area contributed by atoms with Gasteiger partial charge < -0.3 is 29.8 Å². The first-order valence-corrected chi connectivity index (χ1v) is 13.5. The van der Waals surface area contributed by atoms with E-state index in [9.17, 15) is 41.4 Å². The van der Waals surface area contributed by atoms with E-state index in [-0.39, 0.29) is 17.5 Å². The number of amides is 1. The fourth-order valence-corrected chi connectivity index (χ4v) is 4.98. The maximum Gasteiger partial charge on any atom is 0.408 e. The minimum Gasteiger partial charge on any atom is -0.496 e. The van der Waals surface area contributed by atoms with Crippen LogP contribution in [0.1, 0.15) is 40.5 Å². The number of nitrogens with zero attached hydrogens (tertiary/aromatic N) is 1. The monoisotopic (exact) mass is 623 g/mol. The summed E-state index contributed by atoms with van der Waals surface area (Å²) in [7, 11) is 3.04. The summed E-state index contributed by atoms with van der Waals surface area (Å²) in [5, 5.41) is 13.9. The van der Waals surface area contributed by atoms with Gasteiger partial charge in [0.15, 0.2) is 0 Å². The Bertz CT molecular complexity index is 1650. The minimum absolute atomic E-state index is 0.252. The van der Waals surface area contributed by atoms with Crippen molar-refractivity contribution in [2.45, 2.75) is 51.4 Å². The van der Waals surface area contributed by atoms with Gasteiger partial charge in [0.25, 0.3) is 11.5 Å².